The van der Waals surface area contributed by atoms with E-state index in [0.717, 1.165) is 37.0 Å². The molecule has 7 heteroatoms. The van der Waals surface area contributed by atoms with Gasteiger partial charge < -0.3 is 15.0 Å². The molecule has 0 aromatic carbocycles. The average molecular weight is 300 g/mol. The molecule has 1 N–H and O–H groups in total. The maximum atomic E-state index is 5.04. The third-order valence-corrected chi connectivity index (χ3v) is 3.62. The van der Waals surface area contributed by atoms with Crippen molar-refractivity contribution in [3.63, 3.8) is 0 Å². The summed E-state index contributed by atoms with van der Waals surface area (Å²) in [7, 11) is 1.64. The van der Waals surface area contributed by atoms with E-state index in [1.165, 1.54) is 0 Å². The Bertz CT molecular complexity index is 612. The Morgan fingerprint density at radius 1 is 1.27 bits per heavy atom. The lowest BCUT2D eigenvalue weighted by molar-refractivity contribution is 0.178. The van der Waals surface area contributed by atoms with E-state index in [4.69, 9.17) is 4.74 Å². The lowest BCUT2D eigenvalue weighted by atomic mass is 10.0. The van der Waals surface area contributed by atoms with Crippen LogP contribution in [0.2, 0.25) is 0 Å². The highest BCUT2D eigenvalue weighted by Crippen LogP contribution is 2.22. The molecule has 0 bridgehead atoms. The van der Waals surface area contributed by atoms with Gasteiger partial charge >= 0.3 is 0 Å². The molecule has 2 aromatic rings. The van der Waals surface area contributed by atoms with Crippen LogP contribution in [0.25, 0.3) is 0 Å². The van der Waals surface area contributed by atoms with Crippen LogP contribution in [0.3, 0.4) is 0 Å². The molecular formula is C15H20N6O. The summed E-state index contributed by atoms with van der Waals surface area (Å²) in [5.41, 5.74) is 0.943. The van der Waals surface area contributed by atoms with Crippen LogP contribution < -0.4 is 10.2 Å². The maximum Gasteiger partial charge on any atom is 0.156 e. The van der Waals surface area contributed by atoms with Crippen LogP contribution in [-0.4, -0.2) is 46.9 Å². The minimum absolute atomic E-state index is 0.429. The second-order valence-corrected chi connectivity index (χ2v) is 5.48. The highest BCUT2D eigenvalue weighted by atomic mass is 16.5. The summed E-state index contributed by atoms with van der Waals surface area (Å²) in [4.78, 5) is 10.8. The molecule has 7 nitrogen and oxygen atoms in total. The van der Waals surface area contributed by atoms with E-state index < -0.39 is 0 Å². The van der Waals surface area contributed by atoms with Crippen molar-refractivity contribution < 1.29 is 4.74 Å². The fourth-order valence-electron chi connectivity index (χ4n) is 2.39. The average Bonchev–Trinajstić information content (AvgIpc) is 2.48. The first kappa shape index (κ1) is 14.6. The van der Waals surface area contributed by atoms with E-state index >= 15 is 0 Å². The van der Waals surface area contributed by atoms with Crippen LogP contribution in [0.4, 0.5) is 11.6 Å². The van der Waals surface area contributed by atoms with Gasteiger partial charge in [-0.3, -0.25) is 0 Å². The predicted octanol–water partition coefficient (Wildman–Crippen LogP) is 1.27. The van der Waals surface area contributed by atoms with Crippen molar-refractivity contribution >= 4 is 11.6 Å². The second kappa shape index (κ2) is 6.65. The molecule has 1 aliphatic heterocycles. The second-order valence-electron chi connectivity index (χ2n) is 5.48. The van der Waals surface area contributed by atoms with Crippen molar-refractivity contribution in [3.05, 3.63) is 35.9 Å². The fourth-order valence-corrected chi connectivity index (χ4v) is 2.39. The van der Waals surface area contributed by atoms with Gasteiger partial charge in [0.25, 0.3) is 0 Å². The number of rotatable bonds is 6. The van der Waals surface area contributed by atoms with E-state index in [1.807, 2.05) is 25.1 Å². The SMILES string of the molecule is COCc1nccc(NCC2CN(c3ccc(C)nn3)C2)n1. The third kappa shape index (κ3) is 3.48. The molecule has 0 aliphatic carbocycles. The first-order valence-corrected chi connectivity index (χ1v) is 7.34. The van der Waals surface area contributed by atoms with Gasteiger partial charge in [0.15, 0.2) is 11.6 Å². The quantitative estimate of drug-likeness (QED) is 0.861. The Hall–Kier alpha value is -2.28. The molecule has 1 fully saturated rings. The van der Waals surface area contributed by atoms with E-state index in [1.54, 1.807) is 13.3 Å². The smallest absolute Gasteiger partial charge is 0.156 e. The zero-order valence-corrected chi connectivity index (χ0v) is 12.9. The third-order valence-electron chi connectivity index (χ3n) is 3.62. The highest BCUT2D eigenvalue weighted by Gasteiger charge is 2.27. The first-order valence-electron chi connectivity index (χ1n) is 7.34. The van der Waals surface area contributed by atoms with Crippen molar-refractivity contribution in [1.82, 2.24) is 20.2 Å². The van der Waals surface area contributed by atoms with Crippen molar-refractivity contribution in [2.45, 2.75) is 13.5 Å². The van der Waals surface area contributed by atoms with Crippen molar-refractivity contribution in [1.29, 1.82) is 0 Å². The molecule has 0 spiro atoms. The summed E-state index contributed by atoms with van der Waals surface area (Å²) < 4.78 is 5.04. The zero-order valence-electron chi connectivity index (χ0n) is 12.9. The number of anilines is 2. The van der Waals surface area contributed by atoms with Gasteiger partial charge in [-0.05, 0) is 25.1 Å². The van der Waals surface area contributed by atoms with Gasteiger partial charge in [-0.25, -0.2) is 9.97 Å². The summed E-state index contributed by atoms with van der Waals surface area (Å²) in [6, 6.07) is 5.89. The van der Waals surface area contributed by atoms with E-state index in [9.17, 15) is 0 Å². The number of methoxy groups -OCH3 is 1. The standard InChI is InChI=1S/C15H20N6O/c1-11-3-4-15(20-19-11)21-8-12(9-21)7-17-13-5-6-16-14(18-13)10-22-2/h3-6,12H,7-10H2,1-2H3,(H,16,17,18). The molecule has 0 saturated carbocycles. The van der Waals surface area contributed by atoms with E-state index in [2.05, 4.69) is 30.4 Å². The normalized spacial score (nSPS) is 14.7. The molecule has 0 radical (unpaired) electrons. The zero-order chi connectivity index (χ0) is 15.4. The number of ether oxygens (including phenoxy) is 1. The summed E-state index contributed by atoms with van der Waals surface area (Å²) in [6.45, 7) is 5.23. The highest BCUT2D eigenvalue weighted by molar-refractivity contribution is 5.41. The van der Waals surface area contributed by atoms with Gasteiger partial charge in [-0.2, -0.15) is 5.10 Å². The first-order chi connectivity index (χ1) is 10.7. The van der Waals surface area contributed by atoms with Gasteiger partial charge in [0.05, 0.1) is 5.69 Å². The molecule has 22 heavy (non-hydrogen) atoms. The molecule has 3 heterocycles. The topological polar surface area (TPSA) is 76.1 Å². The fraction of sp³-hybridized carbons (Fsp3) is 0.467. The van der Waals surface area contributed by atoms with Gasteiger partial charge in [0.2, 0.25) is 0 Å². The van der Waals surface area contributed by atoms with Crippen LogP contribution in [0.1, 0.15) is 11.5 Å². The molecule has 3 rings (SSSR count). The van der Waals surface area contributed by atoms with Crippen molar-refractivity contribution in [2.24, 2.45) is 5.92 Å². The van der Waals surface area contributed by atoms with Gasteiger partial charge in [-0.1, -0.05) is 0 Å². The molecule has 0 atom stereocenters. The Labute approximate surface area is 129 Å². The lowest BCUT2D eigenvalue weighted by Crippen LogP contribution is -2.50. The maximum absolute atomic E-state index is 5.04. The summed E-state index contributed by atoms with van der Waals surface area (Å²) in [6.07, 6.45) is 1.75. The number of nitrogens with one attached hydrogen (secondary N) is 1. The number of aryl methyl sites for hydroxylation is 1. The van der Waals surface area contributed by atoms with Crippen LogP contribution >= 0.6 is 0 Å². The van der Waals surface area contributed by atoms with Crippen LogP contribution in [0.15, 0.2) is 24.4 Å². The van der Waals surface area contributed by atoms with E-state index in [-0.39, 0.29) is 0 Å². The number of hydrogen-bond acceptors (Lipinski definition) is 7. The van der Waals surface area contributed by atoms with Crippen LogP contribution in [0, 0.1) is 12.8 Å². The van der Waals surface area contributed by atoms with Crippen molar-refractivity contribution in [2.75, 3.05) is 37.0 Å². The molecular weight excluding hydrogens is 280 g/mol. The Kier molecular flexibility index (Phi) is 4.43. The molecule has 1 saturated heterocycles. The Morgan fingerprint density at radius 2 is 2.14 bits per heavy atom. The number of aromatic nitrogens is 4. The van der Waals surface area contributed by atoms with Gasteiger partial charge in [0, 0.05) is 38.9 Å². The minimum Gasteiger partial charge on any atom is -0.377 e. The summed E-state index contributed by atoms with van der Waals surface area (Å²) >= 11 is 0. The summed E-state index contributed by atoms with van der Waals surface area (Å²) in [5, 5.41) is 11.7. The largest absolute Gasteiger partial charge is 0.377 e. The van der Waals surface area contributed by atoms with Gasteiger partial charge in [0.1, 0.15) is 12.4 Å². The summed E-state index contributed by atoms with van der Waals surface area (Å²) in [5.74, 6) is 3.07. The molecule has 116 valence electrons. The Morgan fingerprint density at radius 3 is 2.86 bits per heavy atom. The van der Waals surface area contributed by atoms with E-state index in [0.29, 0.717) is 18.3 Å². The molecule has 0 unspecified atom stereocenters. The molecule has 1 aliphatic rings. The lowest BCUT2D eigenvalue weighted by Gasteiger charge is -2.40. The molecule has 2 aromatic heterocycles. The molecule has 0 amide bonds. The minimum atomic E-state index is 0.429. The van der Waals surface area contributed by atoms with Crippen LogP contribution in [-0.2, 0) is 11.3 Å². The van der Waals surface area contributed by atoms with Gasteiger partial charge in [-0.15, -0.1) is 5.10 Å². The van der Waals surface area contributed by atoms with Crippen LogP contribution in [0.5, 0.6) is 0 Å². The Balaban J connectivity index is 1.46. The number of hydrogen-bond donors (Lipinski definition) is 1. The predicted molar refractivity (Wildman–Crippen MR) is 83.7 cm³/mol. The monoisotopic (exact) mass is 300 g/mol. The number of nitrogens with zero attached hydrogens (tertiary/aromatic N) is 5. The van der Waals surface area contributed by atoms with Crippen molar-refractivity contribution in [3.8, 4) is 0 Å².